The second-order valence-corrected chi connectivity index (χ2v) is 6.82. The van der Waals surface area contributed by atoms with Gasteiger partial charge in [-0.3, -0.25) is 4.99 Å². The number of phenolic OH excluding ortho intramolecular Hbond substituents is 1. The molecule has 5 heteroatoms. The largest absolute Gasteiger partial charge is 0.507 e. The normalized spacial score (nSPS) is 16.4. The van der Waals surface area contributed by atoms with E-state index in [-0.39, 0.29) is 5.75 Å². The number of quaternary nitrogens is 1. The van der Waals surface area contributed by atoms with Crippen LogP contribution in [0.25, 0.3) is 0 Å². The van der Waals surface area contributed by atoms with Crippen LogP contribution in [0.15, 0.2) is 47.5 Å². The van der Waals surface area contributed by atoms with E-state index in [9.17, 15) is 5.11 Å². The Morgan fingerprint density at radius 3 is 2.60 bits per heavy atom. The molecule has 0 amide bonds. The molecule has 25 heavy (non-hydrogen) atoms. The van der Waals surface area contributed by atoms with E-state index in [0.29, 0.717) is 23.2 Å². The Morgan fingerprint density at radius 2 is 1.92 bits per heavy atom. The third-order valence-corrected chi connectivity index (χ3v) is 5.00. The Bertz CT molecular complexity index is 725. The van der Waals surface area contributed by atoms with Crippen LogP contribution < -0.4 is 9.64 Å². The van der Waals surface area contributed by atoms with E-state index in [2.05, 4.69) is 17.1 Å². The summed E-state index contributed by atoms with van der Waals surface area (Å²) in [5.74, 6) is 1.06. The van der Waals surface area contributed by atoms with E-state index in [4.69, 9.17) is 16.3 Å². The quantitative estimate of drug-likeness (QED) is 0.779. The average Bonchev–Trinajstić information content (AvgIpc) is 3.16. The highest BCUT2D eigenvalue weighted by Gasteiger charge is 2.27. The number of ether oxygens (including phenoxy) is 1. The molecule has 132 valence electrons. The molecule has 3 rings (SSSR count). The number of nitrogens with zero attached hydrogens (tertiary/aromatic N) is 1. The predicted octanol–water partition coefficient (Wildman–Crippen LogP) is 2.89. The molecule has 2 N–H and O–H groups in total. The molecule has 1 aliphatic rings. The lowest BCUT2D eigenvalue weighted by molar-refractivity contribution is -0.918. The number of aliphatic imine (C=N–C) groups is 1. The van der Waals surface area contributed by atoms with Crippen molar-refractivity contribution in [3.63, 3.8) is 0 Å². The number of nitrogens with one attached hydrogen (secondary N) is 1. The molecule has 0 saturated carbocycles. The molecule has 2 aromatic rings. The molecule has 0 spiro atoms. The van der Waals surface area contributed by atoms with Gasteiger partial charge in [-0.05, 0) is 42.5 Å². The van der Waals surface area contributed by atoms with Gasteiger partial charge in [-0.15, -0.1) is 0 Å². The number of phenols is 1. The van der Waals surface area contributed by atoms with Crippen molar-refractivity contribution in [3.05, 3.63) is 58.6 Å². The van der Waals surface area contributed by atoms with Crippen LogP contribution in [0, 0.1) is 0 Å². The lowest BCUT2D eigenvalue weighted by Crippen LogP contribution is -3.10. The van der Waals surface area contributed by atoms with Gasteiger partial charge < -0.3 is 14.7 Å². The van der Waals surface area contributed by atoms with Crippen molar-refractivity contribution in [1.82, 2.24) is 0 Å². The molecule has 0 aromatic heterocycles. The van der Waals surface area contributed by atoms with Crippen LogP contribution in [0.3, 0.4) is 0 Å². The summed E-state index contributed by atoms with van der Waals surface area (Å²) in [6.07, 6.45) is 4.24. The first-order valence-corrected chi connectivity index (χ1v) is 9.02. The number of hydrogen-bond acceptors (Lipinski definition) is 3. The molecule has 4 nitrogen and oxygen atoms in total. The summed E-state index contributed by atoms with van der Waals surface area (Å²) in [7, 11) is 1.68. The van der Waals surface area contributed by atoms with Gasteiger partial charge in [0.2, 0.25) is 0 Å². The minimum absolute atomic E-state index is 0.197. The highest BCUT2D eigenvalue weighted by Crippen LogP contribution is 2.20. The van der Waals surface area contributed by atoms with E-state index in [0.717, 1.165) is 5.75 Å². The molecular weight excluding hydrogens is 336 g/mol. The standard InChI is InChI=1S/C20H23ClN2O2/c1-25-18-7-4-15(5-8-18)19(23-10-2-3-11-23)14-22-13-16-12-17(21)6-9-20(16)24/h4-9,12-13,19,24H,2-3,10-11,14H2,1H3/p+1/t19-/m1/s1. The maximum Gasteiger partial charge on any atom is 0.133 e. The van der Waals surface area contributed by atoms with Gasteiger partial charge in [-0.25, -0.2) is 0 Å². The molecule has 1 fully saturated rings. The van der Waals surface area contributed by atoms with Gasteiger partial charge in [-0.2, -0.15) is 0 Å². The predicted molar refractivity (Wildman–Crippen MR) is 101 cm³/mol. The first kappa shape index (κ1) is 17.8. The topological polar surface area (TPSA) is 46.3 Å². The van der Waals surface area contributed by atoms with Crippen LogP contribution in [0.1, 0.15) is 30.0 Å². The number of benzene rings is 2. The Kier molecular flexibility index (Phi) is 5.95. The van der Waals surface area contributed by atoms with Gasteiger partial charge in [0.25, 0.3) is 0 Å². The highest BCUT2D eigenvalue weighted by molar-refractivity contribution is 6.30. The van der Waals surface area contributed by atoms with Gasteiger partial charge >= 0.3 is 0 Å². The van der Waals surface area contributed by atoms with E-state index < -0.39 is 0 Å². The second-order valence-electron chi connectivity index (χ2n) is 6.39. The molecule has 1 aliphatic heterocycles. The summed E-state index contributed by atoms with van der Waals surface area (Å²) < 4.78 is 5.26. The van der Waals surface area contributed by atoms with E-state index in [1.54, 1.807) is 36.4 Å². The zero-order valence-electron chi connectivity index (χ0n) is 14.4. The summed E-state index contributed by atoms with van der Waals surface area (Å²) in [5.41, 5.74) is 1.92. The van der Waals surface area contributed by atoms with Crippen LogP contribution in [-0.2, 0) is 0 Å². The maximum atomic E-state index is 9.92. The zero-order valence-corrected chi connectivity index (χ0v) is 15.2. The number of rotatable bonds is 6. The monoisotopic (exact) mass is 359 g/mol. The molecule has 0 aliphatic carbocycles. The van der Waals surface area contributed by atoms with Crippen LogP contribution >= 0.6 is 11.6 Å². The van der Waals surface area contributed by atoms with Gasteiger partial charge in [0.05, 0.1) is 26.7 Å². The summed E-state index contributed by atoms with van der Waals surface area (Å²) >= 11 is 6.00. The highest BCUT2D eigenvalue weighted by atomic mass is 35.5. The van der Waals surface area contributed by atoms with Crippen LogP contribution in [0.4, 0.5) is 0 Å². The Labute approximate surface area is 153 Å². The van der Waals surface area contributed by atoms with Crippen molar-refractivity contribution in [2.75, 3.05) is 26.7 Å². The molecule has 2 aromatic carbocycles. The second kappa shape index (κ2) is 8.37. The Balaban J connectivity index is 1.77. The van der Waals surface area contributed by atoms with Crippen molar-refractivity contribution in [2.24, 2.45) is 4.99 Å². The Hall–Kier alpha value is -2.04. The number of hydrogen-bond donors (Lipinski definition) is 2. The van der Waals surface area contributed by atoms with E-state index in [1.165, 1.54) is 31.5 Å². The molecular formula is C20H24ClN2O2+. The van der Waals surface area contributed by atoms with Crippen molar-refractivity contribution < 1.29 is 14.7 Å². The molecule has 1 saturated heterocycles. The lowest BCUT2D eigenvalue weighted by Gasteiger charge is -2.23. The molecule has 0 radical (unpaired) electrons. The van der Waals surface area contributed by atoms with Crippen molar-refractivity contribution >= 4 is 17.8 Å². The molecule has 0 unspecified atom stereocenters. The third kappa shape index (κ3) is 4.53. The summed E-state index contributed by atoms with van der Waals surface area (Å²) in [4.78, 5) is 6.18. The van der Waals surface area contributed by atoms with Crippen LogP contribution in [0.5, 0.6) is 11.5 Å². The first-order valence-electron chi connectivity index (χ1n) is 8.64. The first-order chi connectivity index (χ1) is 12.2. The third-order valence-electron chi connectivity index (χ3n) is 4.76. The fourth-order valence-corrected chi connectivity index (χ4v) is 3.55. The lowest BCUT2D eigenvalue weighted by atomic mass is 10.1. The van der Waals surface area contributed by atoms with Gasteiger partial charge in [0.15, 0.2) is 0 Å². The number of methoxy groups -OCH3 is 1. The molecule has 0 bridgehead atoms. The Morgan fingerprint density at radius 1 is 1.20 bits per heavy atom. The fourth-order valence-electron chi connectivity index (χ4n) is 3.37. The summed E-state index contributed by atoms with van der Waals surface area (Å²) in [6.45, 7) is 3.02. The number of aromatic hydroxyl groups is 1. The van der Waals surface area contributed by atoms with Gasteiger partial charge in [-0.1, -0.05) is 11.6 Å². The van der Waals surface area contributed by atoms with Crippen molar-refractivity contribution in [3.8, 4) is 11.5 Å². The summed E-state index contributed by atoms with van der Waals surface area (Å²) in [5, 5.41) is 10.5. The SMILES string of the molecule is COc1ccc([C@@H](CN=Cc2cc(Cl)ccc2O)[NH+]2CCCC2)cc1. The zero-order chi connectivity index (χ0) is 17.6. The minimum atomic E-state index is 0.197. The van der Waals surface area contributed by atoms with Crippen molar-refractivity contribution in [2.45, 2.75) is 18.9 Å². The smallest absolute Gasteiger partial charge is 0.133 e. The summed E-state index contributed by atoms with van der Waals surface area (Å²) in [6, 6.07) is 13.6. The molecule has 1 heterocycles. The van der Waals surface area contributed by atoms with Crippen LogP contribution in [-0.4, -0.2) is 38.1 Å². The fraction of sp³-hybridized carbons (Fsp3) is 0.350. The van der Waals surface area contributed by atoms with Crippen molar-refractivity contribution in [1.29, 1.82) is 0 Å². The molecule has 1 atom stereocenters. The minimum Gasteiger partial charge on any atom is -0.507 e. The maximum absolute atomic E-state index is 9.92. The average molecular weight is 360 g/mol. The van der Waals surface area contributed by atoms with Gasteiger partial charge in [0, 0.05) is 35.2 Å². The number of halogens is 1. The van der Waals surface area contributed by atoms with E-state index >= 15 is 0 Å². The number of likely N-dealkylation sites (tertiary alicyclic amines) is 1. The van der Waals surface area contributed by atoms with E-state index in [1.807, 2.05) is 12.1 Å². The van der Waals surface area contributed by atoms with Crippen LogP contribution in [0.2, 0.25) is 5.02 Å². The van der Waals surface area contributed by atoms with Gasteiger partial charge in [0.1, 0.15) is 17.5 Å².